The number of anilines is 1. The normalized spacial score (nSPS) is 14.6. The van der Waals surface area contributed by atoms with Crippen molar-refractivity contribution < 1.29 is 13.9 Å². The molecule has 0 amide bonds. The van der Waals surface area contributed by atoms with Crippen LogP contribution < -0.4 is 14.8 Å². The third kappa shape index (κ3) is 3.10. The van der Waals surface area contributed by atoms with E-state index >= 15 is 0 Å². The molecule has 21 heavy (non-hydrogen) atoms. The van der Waals surface area contributed by atoms with Gasteiger partial charge < -0.3 is 14.8 Å². The molecule has 6 heteroatoms. The number of hydrogen-bond acceptors (Lipinski definition) is 4. The summed E-state index contributed by atoms with van der Waals surface area (Å²) in [6.45, 7) is 3.06. The summed E-state index contributed by atoms with van der Waals surface area (Å²) in [5.74, 6) is 1.10. The van der Waals surface area contributed by atoms with E-state index in [9.17, 15) is 4.39 Å². The second kappa shape index (κ2) is 5.89. The van der Waals surface area contributed by atoms with Gasteiger partial charge in [0.2, 0.25) is 0 Å². The van der Waals surface area contributed by atoms with Crippen molar-refractivity contribution in [2.24, 2.45) is 0 Å². The fraction of sp³-hybridized carbons (Fsp3) is 0.267. The van der Waals surface area contributed by atoms with Gasteiger partial charge in [-0.1, -0.05) is 0 Å². The lowest BCUT2D eigenvalue weighted by Gasteiger charge is -2.22. The van der Waals surface area contributed by atoms with Crippen LogP contribution in [-0.4, -0.2) is 18.2 Å². The Morgan fingerprint density at radius 3 is 2.62 bits per heavy atom. The summed E-state index contributed by atoms with van der Waals surface area (Å²) in [5, 5.41) is 3.33. The summed E-state index contributed by atoms with van der Waals surface area (Å²) in [4.78, 5) is 4.08. The van der Waals surface area contributed by atoms with Gasteiger partial charge in [0.15, 0.2) is 11.5 Å². The zero-order chi connectivity index (χ0) is 14.8. The van der Waals surface area contributed by atoms with E-state index < -0.39 is 0 Å². The molecule has 1 aliphatic rings. The van der Waals surface area contributed by atoms with Gasteiger partial charge in [0.05, 0.1) is 23.6 Å². The molecule has 1 unspecified atom stereocenters. The first-order valence-electron chi connectivity index (χ1n) is 6.60. The number of fused-ring (bicyclic) bond motifs is 1. The van der Waals surface area contributed by atoms with Crippen LogP contribution >= 0.6 is 15.9 Å². The zero-order valence-corrected chi connectivity index (χ0v) is 13.0. The number of ether oxygens (including phenoxy) is 2. The minimum absolute atomic E-state index is 0.0653. The van der Waals surface area contributed by atoms with Gasteiger partial charge >= 0.3 is 0 Å². The summed E-state index contributed by atoms with van der Waals surface area (Å²) in [7, 11) is 0. The lowest BCUT2D eigenvalue weighted by Crippen LogP contribution is -2.16. The van der Waals surface area contributed by atoms with Gasteiger partial charge in [0.1, 0.15) is 19.0 Å². The highest BCUT2D eigenvalue weighted by Gasteiger charge is 2.16. The van der Waals surface area contributed by atoms with E-state index in [0.29, 0.717) is 19.0 Å². The molecule has 0 radical (unpaired) electrons. The molecule has 1 atom stereocenters. The summed E-state index contributed by atoms with van der Waals surface area (Å²) >= 11 is 3.51. The Morgan fingerprint density at radius 1 is 1.24 bits per heavy atom. The molecule has 0 saturated carbocycles. The molecule has 0 aliphatic carbocycles. The number of halogens is 2. The largest absolute Gasteiger partial charge is 0.486 e. The molecule has 1 aliphatic heterocycles. The molecule has 3 rings (SSSR count). The predicted molar refractivity (Wildman–Crippen MR) is 81.4 cm³/mol. The van der Waals surface area contributed by atoms with Gasteiger partial charge in [0.25, 0.3) is 0 Å². The second-order valence-electron chi connectivity index (χ2n) is 4.74. The fourth-order valence-electron chi connectivity index (χ4n) is 2.13. The monoisotopic (exact) mass is 352 g/mol. The first kappa shape index (κ1) is 14.1. The maximum absolute atomic E-state index is 12.9. The van der Waals surface area contributed by atoms with Gasteiger partial charge in [-0.15, -0.1) is 0 Å². The van der Waals surface area contributed by atoms with Crippen molar-refractivity contribution in [1.29, 1.82) is 0 Å². The van der Waals surface area contributed by atoms with Gasteiger partial charge in [-0.05, 0) is 35.0 Å². The second-order valence-corrected chi connectivity index (χ2v) is 5.60. The van der Waals surface area contributed by atoms with Crippen LogP contribution in [0, 0.1) is 5.82 Å². The van der Waals surface area contributed by atoms with Crippen molar-refractivity contribution in [3.05, 3.63) is 46.4 Å². The molecule has 0 bridgehead atoms. The molecule has 1 aromatic heterocycles. The first-order valence-corrected chi connectivity index (χ1v) is 7.40. The van der Waals surface area contributed by atoms with Gasteiger partial charge in [-0.3, -0.25) is 4.98 Å². The molecule has 4 nitrogen and oxygen atoms in total. The van der Waals surface area contributed by atoms with E-state index in [0.717, 1.165) is 21.6 Å². The Kier molecular flexibility index (Phi) is 3.96. The van der Waals surface area contributed by atoms with Crippen molar-refractivity contribution in [3.63, 3.8) is 0 Å². The van der Waals surface area contributed by atoms with Crippen LogP contribution in [0.15, 0.2) is 34.9 Å². The lowest BCUT2D eigenvalue weighted by molar-refractivity contribution is 0.171. The summed E-state index contributed by atoms with van der Waals surface area (Å²) < 4.78 is 24.9. The number of nitrogens with zero attached hydrogens (tertiary/aromatic N) is 1. The molecule has 0 saturated heterocycles. The van der Waals surface area contributed by atoms with Crippen LogP contribution in [0.2, 0.25) is 0 Å². The maximum atomic E-state index is 12.9. The van der Waals surface area contributed by atoms with Gasteiger partial charge in [-0.25, -0.2) is 4.39 Å². The quantitative estimate of drug-likeness (QED) is 0.908. The van der Waals surface area contributed by atoms with Crippen molar-refractivity contribution in [1.82, 2.24) is 4.98 Å². The molecule has 1 aromatic carbocycles. The van der Waals surface area contributed by atoms with Crippen LogP contribution in [0.1, 0.15) is 18.7 Å². The first-order chi connectivity index (χ1) is 10.1. The Morgan fingerprint density at radius 2 is 1.95 bits per heavy atom. The number of hydrogen-bond donors (Lipinski definition) is 1. The third-order valence-corrected chi connectivity index (χ3v) is 3.85. The van der Waals surface area contributed by atoms with Crippen LogP contribution in [0.4, 0.5) is 10.1 Å². The Labute approximate surface area is 130 Å². The molecular formula is C15H14BrFN2O2. The Hall–Kier alpha value is -1.82. The van der Waals surface area contributed by atoms with Crippen molar-refractivity contribution in [2.45, 2.75) is 13.0 Å². The molecule has 0 fully saturated rings. The van der Waals surface area contributed by atoms with E-state index in [1.807, 2.05) is 19.1 Å². The van der Waals surface area contributed by atoms with Crippen LogP contribution in [0.3, 0.4) is 0 Å². The van der Waals surface area contributed by atoms with Crippen molar-refractivity contribution in [3.8, 4) is 11.5 Å². The molecule has 0 spiro atoms. The number of benzene rings is 1. The smallest absolute Gasteiger partial charge is 0.163 e. The Balaban J connectivity index is 1.82. The third-order valence-electron chi connectivity index (χ3n) is 3.20. The SMILES string of the molecule is CC(Nc1cc2c(cc1Br)OCCO2)c1ccc(F)cn1. The standard InChI is InChI=1S/C15H14BrFN2O2/c1-9(12-3-2-10(17)8-18-12)19-13-7-15-14(6-11(13)16)20-4-5-21-15/h2-3,6-9,19H,4-5H2,1H3. The minimum atomic E-state index is -0.341. The average Bonchev–Trinajstić information content (AvgIpc) is 2.48. The van der Waals surface area contributed by atoms with Crippen molar-refractivity contribution in [2.75, 3.05) is 18.5 Å². The molecule has 2 heterocycles. The minimum Gasteiger partial charge on any atom is -0.486 e. The highest BCUT2D eigenvalue weighted by atomic mass is 79.9. The summed E-state index contributed by atoms with van der Waals surface area (Å²) in [6, 6.07) is 6.77. The maximum Gasteiger partial charge on any atom is 0.163 e. The summed E-state index contributed by atoms with van der Waals surface area (Å²) in [5.41, 5.74) is 1.64. The number of aromatic nitrogens is 1. The molecule has 110 valence electrons. The van der Waals surface area contributed by atoms with E-state index in [1.54, 1.807) is 6.07 Å². The van der Waals surface area contributed by atoms with E-state index in [-0.39, 0.29) is 11.9 Å². The van der Waals surface area contributed by atoms with Crippen molar-refractivity contribution >= 4 is 21.6 Å². The number of pyridine rings is 1. The van der Waals surface area contributed by atoms with Crippen LogP contribution in [-0.2, 0) is 0 Å². The molecular weight excluding hydrogens is 339 g/mol. The highest BCUT2D eigenvalue weighted by Crippen LogP contribution is 2.39. The van der Waals surface area contributed by atoms with E-state index in [2.05, 4.69) is 26.2 Å². The molecule has 1 N–H and O–H groups in total. The van der Waals surface area contributed by atoms with Gasteiger partial charge in [0, 0.05) is 16.6 Å². The van der Waals surface area contributed by atoms with E-state index in [4.69, 9.17) is 9.47 Å². The fourth-order valence-corrected chi connectivity index (χ4v) is 2.56. The lowest BCUT2D eigenvalue weighted by atomic mass is 10.2. The number of nitrogens with one attached hydrogen (secondary N) is 1. The van der Waals surface area contributed by atoms with Gasteiger partial charge in [-0.2, -0.15) is 0 Å². The highest BCUT2D eigenvalue weighted by molar-refractivity contribution is 9.10. The summed E-state index contributed by atoms with van der Waals surface area (Å²) in [6.07, 6.45) is 1.21. The average molecular weight is 353 g/mol. The van der Waals surface area contributed by atoms with E-state index in [1.165, 1.54) is 12.3 Å². The number of rotatable bonds is 3. The predicted octanol–water partition coefficient (Wildman–Crippen LogP) is 3.93. The van der Waals surface area contributed by atoms with Crippen LogP contribution in [0.25, 0.3) is 0 Å². The Bertz CT molecular complexity index is 649. The topological polar surface area (TPSA) is 43.4 Å². The molecule has 2 aromatic rings. The van der Waals surface area contributed by atoms with Crippen LogP contribution in [0.5, 0.6) is 11.5 Å². The zero-order valence-electron chi connectivity index (χ0n) is 11.4.